The van der Waals surface area contributed by atoms with Crippen molar-refractivity contribution in [1.29, 1.82) is 0 Å². The molecule has 0 aromatic heterocycles. The van der Waals surface area contributed by atoms with Crippen LogP contribution >= 0.6 is 15.8 Å². The van der Waals surface area contributed by atoms with Gasteiger partial charge in [-0.25, -0.2) is 8.42 Å². The zero-order chi connectivity index (χ0) is 36.2. The predicted octanol–water partition coefficient (Wildman–Crippen LogP) is 11.6. The zero-order valence-electron chi connectivity index (χ0n) is 28.6. The first-order chi connectivity index (χ1) is 20.0. The Balaban J connectivity index is -0.000000111. The summed E-state index contributed by atoms with van der Waals surface area (Å²) in [6.07, 6.45) is 0. The van der Waals surface area contributed by atoms with Crippen LogP contribution in [0.15, 0.2) is 36.4 Å². The molecule has 0 aliphatic rings. The fourth-order valence-corrected chi connectivity index (χ4v) is 12.1. The zero-order valence-corrected chi connectivity index (χ0v) is 36.0. The van der Waals surface area contributed by atoms with Crippen LogP contribution in [-0.2, 0) is 59.6 Å². The molecule has 0 fully saturated rings. The molecule has 46 heavy (non-hydrogen) atoms. The molecule has 0 atom stereocenters. The summed E-state index contributed by atoms with van der Waals surface area (Å²) in [7, 11) is -5.57. The Labute approximate surface area is 305 Å². The van der Waals surface area contributed by atoms with E-state index in [0.717, 1.165) is 44.7 Å². The molecule has 272 valence electrons. The van der Waals surface area contributed by atoms with E-state index in [1.54, 1.807) is 12.1 Å². The van der Waals surface area contributed by atoms with Crippen LogP contribution in [0.3, 0.4) is 0 Å². The van der Waals surface area contributed by atoms with Crippen LogP contribution in [-0.4, -0.2) is 52.4 Å². The van der Waals surface area contributed by atoms with Crippen LogP contribution in [0.1, 0.15) is 83.1 Å². The van der Waals surface area contributed by atoms with Crippen LogP contribution in [0, 0.1) is 13.3 Å². The Morgan fingerprint density at radius 3 is 0.935 bits per heavy atom. The number of hydrogen-bond acceptors (Lipinski definition) is 3. The molecule has 2 aromatic rings. The molecule has 0 aliphatic heterocycles. The first-order valence-corrected chi connectivity index (χ1v) is 18.4. The van der Waals surface area contributed by atoms with Crippen LogP contribution < -0.4 is 0 Å². The first kappa shape index (κ1) is 57.9. The Kier molecular flexibility index (Phi) is 37.2. The van der Waals surface area contributed by atoms with E-state index in [2.05, 4.69) is 96.4 Å². The minimum Gasteiger partial charge on any atom is -0.698 e. The maximum atomic E-state index is 10.7. The summed E-state index contributed by atoms with van der Waals surface area (Å²) >= 11 is 0. The first-order valence-electron chi connectivity index (χ1n) is 13.9. The van der Waals surface area contributed by atoms with Gasteiger partial charge in [-0.3, -0.25) is 0 Å². The minimum atomic E-state index is -6.09. The largest absolute Gasteiger partial charge is 0.698 e. The summed E-state index contributed by atoms with van der Waals surface area (Å²) in [4.78, 5) is 0. The van der Waals surface area contributed by atoms with Crippen LogP contribution in [0.25, 0.3) is 22.2 Å². The van der Waals surface area contributed by atoms with Crippen molar-refractivity contribution in [1.82, 2.24) is 0 Å². The van der Waals surface area contributed by atoms with Crippen molar-refractivity contribution in [2.24, 2.45) is 0 Å². The van der Waals surface area contributed by atoms with Gasteiger partial charge >= 0.3 is 28.1 Å². The van der Waals surface area contributed by atoms with Crippen molar-refractivity contribution in [3.8, 4) is 0 Å². The second-order valence-electron chi connectivity index (χ2n) is 11.1. The third-order valence-electron chi connectivity index (χ3n) is 5.77. The maximum Gasteiger partial charge on any atom is 0 e. The van der Waals surface area contributed by atoms with Crippen molar-refractivity contribution in [3.63, 3.8) is 0 Å². The molecule has 0 bridgehead atoms. The molecule has 2 aromatic carbocycles. The van der Waals surface area contributed by atoms with Crippen molar-refractivity contribution < 1.29 is 75.7 Å². The van der Waals surface area contributed by atoms with Gasteiger partial charge in [0.1, 0.15) is 0 Å². The van der Waals surface area contributed by atoms with E-state index >= 15 is 0 Å². The third-order valence-corrected chi connectivity index (χ3v) is 13.5. The number of fused-ring (bicyclic) bond motifs is 1. The van der Waals surface area contributed by atoms with Gasteiger partial charge in [0.25, 0.3) is 0 Å². The quantitative estimate of drug-likeness (QED) is 0.0933. The molecular weight excluding hydrogens is 1020 g/mol. The summed E-state index contributed by atoms with van der Waals surface area (Å²) < 4.78 is 73.9. The Morgan fingerprint density at radius 1 is 0.630 bits per heavy atom. The number of nitrogens with one attached hydrogen (secondary N) is 2. The maximum absolute atomic E-state index is 10.7. The molecule has 0 aliphatic carbocycles. The van der Waals surface area contributed by atoms with Crippen LogP contribution in [0.2, 0.25) is 0 Å². The van der Waals surface area contributed by atoms with E-state index < -0.39 is 15.6 Å². The number of hydrogen-bond donors (Lipinski definition) is 0. The van der Waals surface area contributed by atoms with E-state index in [1.807, 2.05) is 24.3 Å². The van der Waals surface area contributed by atoms with Gasteiger partial charge < -0.3 is 16.0 Å². The molecule has 15 heteroatoms. The number of halogens is 3. The van der Waals surface area contributed by atoms with Crippen LogP contribution in [0.5, 0.6) is 0 Å². The van der Waals surface area contributed by atoms with Gasteiger partial charge in [-0.15, -0.1) is 11.4 Å². The van der Waals surface area contributed by atoms with Crippen molar-refractivity contribution >= 4 is 48.1 Å². The summed E-state index contributed by atoms with van der Waals surface area (Å²) in [6, 6.07) is 10.9. The number of benzene rings is 2. The van der Waals surface area contributed by atoms with Crippen LogP contribution in [0.4, 0.5) is 24.5 Å². The second kappa shape index (κ2) is 29.5. The summed E-state index contributed by atoms with van der Waals surface area (Å²) in [5.41, 5.74) is 15.8. The van der Waals surface area contributed by atoms with Gasteiger partial charge in [0, 0.05) is 40.2 Å². The third kappa shape index (κ3) is 24.7. The van der Waals surface area contributed by atoms with E-state index in [0.29, 0.717) is 11.4 Å². The Hall–Kier alpha value is -0.361. The van der Waals surface area contributed by atoms with Gasteiger partial charge in [-0.05, 0) is 44.7 Å². The summed E-state index contributed by atoms with van der Waals surface area (Å²) in [5, 5.41) is 1.70. The molecule has 0 saturated carbocycles. The van der Waals surface area contributed by atoms with E-state index in [9.17, 15) is 13.2 Å². The molecule has 0 amide bonds. The van der Waals surface area contributed by atoms with Crippen molar-refractivity contribution in [3.05, 3.63) is 61.2 Å². The van der Waals surface area contributed by atoms with Gasteiger partial charge in [-0.2, -0.15) is 13.2 Å². The van der Waals surface area contributed by atoms with Gasteiger partial charge in [0.15, 0.2) is 10.1 Å². The molecule has 0 saturated heterocycles. The smallest absolute Gasteiger partial charge is 0 e. The molecule has 2 N–H and O–H groups in total. The summed E-state index contributed by atoms with van der Waals surface area (Å²) in [5.74, 6) is 0. The molecule has 0 spiro atoms. The van der Waals surface area contributed by atoms with Crippen molar-refractivity contribution in [2.45, 2.75) is 123 Å². The van der Waals surface area contributed by atoms with E-state index in [4.69, 9.17) is 33.7 Å². The van der Waals surface area contributed by atoms with Gasteiger partial charge in [0.05, 0.1) is 0 Å². The monoisotopic (exact) mass is 1070 g/mol. The Bertz CT molecular complexity index is 1090. The SMILES string of the molecule is CC(C)P(C(C)C)C(C)C.CC(C)P(C(C)C)C(C)C.O=S(=O)([O-])C(F)(F)F.[C-]#[O+].[C-]#[O+].[Ir].[Ir].[NH-]c1cccc2cccc([NH-])c12. The minimum absolute atomic E-state index is 0. The fourth-order valence-electron chi connectivity index (χ4n) is 4.92. The molecule has 0 heterocycles. The predicted molar refractivity (Wildman–Crippen MR) is 180 cm³/mol. The second-order valence-corrected chi connectivity index (χ2v) is 20.4. The standard InChI is InChI=1S/C10H8N2.2C9H21P.CHF3O3S.2CO.2Ir/c11-8-5-1-3-7-4-2-6-9(12)10(7)8;2*1-7(2)10(8(3)4)9(5)6;2-1(3,4)8(5,6)7;2*1-2;;/h1-6,11-12H;2*7-9H,1-6H3;(H,5,6,7);;;;/q-2;;;;;;;/p-1. The molecule has 2 radical (unpaired) electrons. The molecule has 2 rings (SSSR count). The van der Waals surface area contributed by atoms with E-state index in [1.165, 1.54) is 0 Å². The number of rotatable bonds is 6. The Morgan fingerprint density at radius 2 is 0.826 bits per heavy atom. The molecular formula is C31H50F3Ir2N2O5P2S-3. The average Bonchev–Trinajstić information content (AvgIpc) is 2.85. The molecule has 0 unspecified atom stereocenters. The van der Waals surface area contributed by atoms with E-state index in [-0.39, 0.29) is 56.1 Å². The molecule has 7 nitrogen and oxygen atoms in total. The van der Waals surface area contributed by atoms with Gasteiger partial charge in [0.2, 0.25) is 0 Å². The van der Waals surface area contributed by atoms with Gasteiger partial charge in [-0.1, -0.05) is 135 Å². The topological polar surface area (TPSA) is 145 Å². The number of alkyl halides is 3. The average molecular weight is 1070 g/mol. The normalized spacial score (nSPS) is 10.7. The summed E-state index contributed by atoms with van der Waals surface area (Å²) in [6.45, 7) is 37.2. The van der Waals surface area contributed by atoms with Crippen molar-refractivity contribution in [2.75, 3.05) is 0 Å². The fraction of sp³-hybridized carbons (Fsp3) is 0.613.